The van der Waals surface area contributed by atoms with E-state index in [1.54, 1.807) is 25.1 Å². The Balaban J connectivity index is 2.00. The van der Waals surface area contributed by atoms with Crippen molar-refractivity contribution in [1.82, 2.24) is 5.32 Å². The molecule has 6 nitrogen and oxygen atoms in total. The molecule has 0 spiro atoms. The Morgan fingerprint density at radius 1 is 1.33 bits per heavy atom. The van der Waals surface area contributed by atoms with E-state index in [1.807, 2.05) is 0 Å². The molecule has 6 heteroatoms. The van der Waals surface area contributed by atoms with Crippen LogP contribution in [0.4, 0.5) is 0 Å². The maximum atomic E-state index is 12.3. The molecule has 1 aromatic carbocycles. The van der Waals surface area contributed by atoms with Gasteiger partial charge in [0.05, 0.1) is 19.1 Å². The lowest BCUT2D eigenvalue weighted by Crippen LogP contribution is -2.35. The quantitative estimate of drug-likeness (QED) is 0.581. The van der Waals surface area contributed by atoms with E-state index in [0.717, 1.165) is 12.8 Å². The minimum absolute atomic E-state index is 0.115. The Hall–Kier alpha value is -2.68. The topological polar surface area (TPSA) is 73.9 Å². The number of ether oxygens (including phenoxy) is 3. The fourth-order valence-electron chi connectivity index (χ4n) is 2.29. The van der Waals surface area contributed by atoms with Crippen LogP contribution in [0.3, 0.4) is 0 Å². The van der Waals surface area contributed by atoms with Gasteiger partial charge in [0.1, 0.15) is 6.61 Å². The predicted molar refractivity (Wildman–Crippen MR) is 88.0 cm³/mol. The Morgan fingerprint density at radius 3 is 2.67 bits per heavy atom. The molecule has 0 atom stereocenters. The molecule has 1 amide bonds. The third-order valence-electron chi connectivity index (χ3n) is 3.89. The van der Waals surface area contributed by atoms with Gasteiger partial charge in [0, 0.05) is 12.1 Å². The van der Waals surface area contributed by atoms with Crippen LogP contribution in [-0.2, 0) is 9.53 Å². The lowest BCUT2D eigenvalue weighted by Gasteiger charge is -2.15. The van der Waals surface area contributed by atoms with Gasteiger partial charge >= 0.3 is 5.97 Å². The molecule has 0 heterocycles. The molecular weight excluding hydrogens is 310 g/mol. The van der Waals surface area contributed by atoms with Gasteiger partial charge in [0.2, 0.25) is 0 Å². The average molecular weight is 331 g/mol. The molecule has 1 aliphatic rings. The molecule has 0 aliphatic heterocycles. The van der Waals surface area contributed by atoms with E-state index in [2.05, 4.69) is 11.2 Å². The second kappa shape index (κ2) is 7.73. The van der Waals surface area contributed by atoms with Crippen LogP contribution in [-0.4, -0.2) is 38.7 Å². The fourth-order valence-corrected chi connectivity index (χ4v) is 2.29. The number of benzene rings is 1. The van der Waals surface area contributed by atoms with Crippen molar-refractivity contribution in [2.75, 3.05) is 26.9 Å². The number of hydrogen-bond acceptors (Lipinski definition) is 5. The van der Waals surface area contributed by atoms with Gasteiger partial charge in [0.25, 0.3) is 5.91 Å². The van der Waals surface area contributed by atoms with E-state index in [0.29, 0.717) is 23.7 Å². The zero-order chi connectivity index (χ0) is 17.6. The summed E-state index contributed by atoms with van der Waals surface area (Å²) >= 11 is 0. The van der Waals surface area contributed by atoms with Gasteiger partial charge in [-0.2, -0.15) is 0 Å². The molecule has 1 N–H and O–H groups in total. The van der Waals surface area contributed by atoms with Crippen molar-refractivity contribution in [3.8, 4) is 23.8 Å². The largest absolute Gasteiger partial charge is 0.493 e. The second-order valence-electron chi connectivity index (χ2n) is 5.54. The van der Waals surface area contributed by atoms with Crippen molar-refractivity contribution in [1.29, 1.82) is 0 Å². The minimum Gasteiger partial charge on any atom is -0.493 e. The van der Waals surface area contributed by atoms with Crippen LogP contribution in [0, 0.1) is 17.8 Å². The number of hydrogen-bond donors (Lipinski definition) is 1. The summed E-state index contributed by atoms with van der Waals surface area (Å²) in [4.78, 5) is 24.2. The van der Waals surface area contributed by atoms with Crippen LogP contribution >= 0.6 is 0 Å². The molecule has 24 heavy (non-hydrogen) atoms. The SMILES string of the molecule is C#CCOc1ccc(C(=O)NCC2(C(=O)OCC)CC2)cc1OC. The molecule has 0 unspecified atom stereocenters. The molecule has 0 bridgehead atoms. The van der Waals surface area contributed by atoms with Gasteiger partial charge in [-0.3, -0.25) is 9.59 Å². The minimum atomic E-state index is -0.564. The van der Waals surface area contributed by atoms with Gasteiger partial charge in [-0.15, -0.1) is 6.42 Å². The summed E-state index contributed by atoms with van der Waals surface area (Å²) in [5.74, 6) is 2.73. The first-order valence-corrected chi connectivity index (χ1v) is 7.76. The van der Waals surface area contributed by atoms with Crippen molar-refractivity contribution in [3.63, 3.8) is 0 Å². The fraction of sp³-hybridized carbons (Fsp3) is 0.444. The van der Waals surface area contributed by atoms with Crippen molar-refractivity contribution >= 4 is 11.9 Å². The van der Waals surface area contributed by atoms with Crippen LogP contribution in [0.15, 0.2) is 18.2 Å². The summed E-state index contributed by atoms with van der Waals surface area (Å²) in [5, 5.41) is 2.79. The molecule has 1 aliphatic carbocycles. The molecule has 2 rings (SSSR count). The lowest BCUT2D eigenvalue weighted by molar-refractivity contribution is -0.149. The molecule has 128 valence electrons. The summed E-state index contributed by atoms with van der Waals surface area (Å²) in [6.07, 6.45) is 6.62. The highest BCUT2D eigenvalue weighted by Crippen LogP contribution is 2.46. The molecule has 0 radical (unpaired) electrons. The molecule has 1 saturated carbocycles. The Morgan fingerprint density at radius 2 is 2.08 bits per heavy atom. The zero-order valence-electron chi connectivity index (χ0n) is 13.9. The third kappa shape index (κ3) is 3.99. The Kier molecular flexibility index (Phi) is 5.69. The Labute approximate surface area is 141 Å². The summed E-state index contributed by atoms with van der Waals surface area (Å²) in [5.41, 5.74) is -0.148. The highest BCUT2D eigenvalue weighted by Gasteiger charge is 2.51. The van der Waals surface area contributed by atoms with Gasteiger partial charge in [0.15, 0.2) is 11.5 Å². The molecule has 1 aromatic rings. The van der Waals surface area contributed by atoms with Gasteiger partial charge in [-0.1, -0.05) is 5.92 Å². The van der Waals surface area contributed by atoms with Crippen LogP contribution in [0.5, 0.6) is 11.5 Å². The van der Waals surface area contributed by atoms with Gasteiger partial charge < -0.3 is 19.5 Å². The highest BCUT2D eigenvalue weighted by molar-refractivity contribution is 5.95. The average Bonchev–Trinajstić information content (AvgIpc) is 3.39. The van der Waals surface area contributed by atoms with E-state index >= 15 is 0 Å². The number of carbonyl (C=O) groups is 2. The molecular formula is C18H21NO5. The number of esters is 1. The van der Waals surface area contributed by atoms with Crippen molar-refractivity contribution < 1.29 is 23.8 Å². The van der Waals surface area contributed by atoms with E-state index in [-0.39, 0.29) is 25.0 Å². The summed E-state index contributed by atoms with van der Waals surface area (Å²) in [6.45, 7) is 2.49. The van der Waals surface area contributed by atoms with Gasteiger partial charge in [-0.25, -0.2) is 0 Å². The van der Waals surface area contributed by atoms with Crippen molar-refractivity contribution in [3.05, 3.63) is 23.8 Å². The van der Waals surface area contributed by atoms with Crippen LogP contribution in [0.1, 0.15) is 30.1 Å². The third-order valence-corrected chi connectivity index (χ3v) is 3.89. The highest BCUT2D eigenvalue weighted by atomic mass is 16.5. The standard InChI is InChI=1S/C18H21NO5/c1-4-10-24-14-7-6-13(11-15(14)22-3)16(20)19-12-18(8-9-18)17(21)23-5-2/h1,6-7,11H,5,8-10,12H2,2-3H3,(H,19,20). The van der Waals surface area contributed by atoms with E-state index in [4.69, 9.17) is 20.6 Å². The number of amides is 1. The second-order valence-corrected chi connectivity index (χ2v) is 5.54. The summed E-state index contributed by atoms with van der Waals surface area (Å²) < 4.78 is 15.6. The first-order valence-electron chi connectivity index (χ1n) is 7.76. The van der Waals surface area contributed by atoms with Crippen LogP contribution < -0.4 is 14.8 Å². The summed E-state index contributed by atoms with van der Waals surface area (Å²) in [7, 11) is 1.49. The molecule has 0 saturated heterocycles. The zero-order valence-corrected chi connectivity index (χ0v) is 13.9. The maximum absolute atomic E-state index is 12.3. The number of terminal acetylenes is 1. The Bertz CT molecular complexity index is 658. The molecule has 1 fully saturated rings. The molecule has 0 aromatic heterocycles. The lowest BCUT2D eigenvalue weighted by atomic mass is 10.1. The summed E-state index contributed by atoms with van der Waals surface area (Å²) in [6, 6.07) is 4.82. The van der Waals surface area contributed by atoms with E-state index < -0.39 is 5.41 Å². The number of nitrogens with one attached hydrogen (secondary N) is 1. The van der Waals surface area contributed by atoms with E-state index in [1.165, 1.54) is 7.11 Å². The first kappa shape index (κ1) is 17.7. The van der Waals surface area contributed by atoms with Crippen molar-refractivity contribution in [2.45, 2.75) is 19.8 Å². The number of rotatable bonds is 8. The predicted octanol–water partition coefficient (Wildman–Crippen LogP) is 1.78. The van der Waals surface area contributed by atoms with Gasteiger partial charge in [-0.05, 0) is 38.0 Å². The van der Waals surface area contributed by atoms with E-state index in [9.17, 15) is 9.59 Å². The smallest absolute Gasteiger partial charge is 0.313 e. The number of methoxy groups -OCH3 is 1. The van der Waals surface area contributed by atoms with Crippen LogP contribution in [0.25, 0.3) is 0 Å². The number of carbonyl (C=O) groups excluding carboxylic acids is 2. The van der Waals surface area contributed by atoms with Crippen molar-refractivity contribution in [2.24, 2.45) is 5.41 Å². The maximum Gasteiger partial charge on any atom is 0.313 e. The normalized spacial score (nSPS) is 14.2. The monoisotopic (exact) mass is 331 g/mol. The van der Waals surface area contributed by atoms with Crippen LogP contribution in [0.2, 0.25) is 0 Å². The first-order chi connectivity index (χ1) is 11.6.